The molecule has 1 fully saturated rings. The molecule has 1 aliphatic heterocycles. The maximum atomic E-state index is 12.3. The molecule has 0 radical (unpaired) electrons. The third-order valence-electron chi connectivity index (χ3n) is 4.56. The number of hydrogen-bond acceptors (Lipinski definition) is 6. The largest absolute Gasteiger partial charge is 0.471 e. The maximum absolute atomic E-state index is 12.3. The Morgan fingerprint density at radius 3 is 2.36 bits per heavy atom. The number of amides is 1. The lowest BCUT2D eigenvalue weighted by molar-refractivity contribution is -0.132. The van der Waals surface area contributed by atoms with E-state index >= 15 is 0 Å². The Morgan fingerprint density at radius 1 is 1.36 bits per heavy atom. The minimum atomic E-state index is -0.582. The Hall–Kier alpha value is -1.47. The lowest BCUT2D eigenvalue weighted by Gasteiger charge is -2.29. The molecule has 1 amide bonds. The first kappa shape index (κ1) is 23.5. The third-order valence-corrected chi connectivity index (χ3v) is 4.56. The van der Waals surface area contributed by atoms with Crippen molar-refractivity contribution in [3.8, 4) is 0 Å². The molecule has 0 saturated carbocycles. The molecule has 3 unspecified atom stereocenters. The van der Waals surface area contributed by atoms with Gasteiger partial charge in [-0.05, 0) is 39.2 Å². The first-order valence-corrected chi connectivity index (χ1v) is 8.93. The Balaban J connectivity index is 0.00000129. The fraction of sp³-hybridized carbons (Fsp3) is 0.833. The highest BCUT2D eigenvalue weighted by Gasteiger charge is 2.28. The van der Waals surface area contributed by atoms with Gasteiger partial charge >= 0.3 is 0 Å². The Morgan fingerprint density at radius 2 is 1.96 bits per heavy atom. The molecule has 1 heterocycles. The summed E-state index contributed by atoms with van der Waals surface area (Å²) in [5.74, 6) is 0.428. The zero-order valence-corrected chi connectivity index (χ0v) is 16.3. The van der Waals surface area contributed by atoms with E-state index in [4.69, 9.17) is 10.5 Å². The average molecular weight is 357 g/mol. The predicted octanol–water partition coefficient (Wildman–Crippen LogP) is 1.05. The number of carbonyl (C=O) groups is 3. The summed E-state index contributed by atoms with van der Waals surface area (Å²) < 4.78 is 3.86. The van der Waals surface area contributed by atoms with Crippen molar-refractivity contribution in [2.24, 2.45) is 11.7 Å². The van der Waals surface area contributed by atoms with Crippen LogP contribution in [0, 0.1) is 5.92 Å². The fourth-order valence-corrected chi connectivity index (χ4v) is 2.95. The zero-order chi connectivity index (χ0) is 19.4. The first-order valence-electron chi connectivity index (χ1n) is 8.93. The molecule has 1 rings (SSSR count). The van der Waals surface area contributed by atoms with Gasteiger partial charge in [-0.3, -0.25) is 9.59 Å². The van der Waals surface area contributed by atoms with Crippen LogP contribution in [0.15, 0.2) is 0 Å². The van der Waals surface area contributed by atoms with Crippen LogP contribution in [0.4, 0.5) is 0 Å². The molecule has 0 bridgehead atoms. The second-order valence-corrected chi connectivity index (χ2v) is 7.10. The summed E-state index contributed by atoms with van der Waals surface area (Å²) in [5, 5.41) is 0. The highest BCUT2D eigenvalue weighted by atomic mass is 16.5. The predicted molar refractivity (Wildman–Crippen MR) is 98.0 cm³/mol. The first-order chi connectivity index (χ1) is 11.8. The molecule has 1 saturated heterocycles. The van der Waals surface area contributed by atoms with Crippen molar-refractivity contribution >= 4 is 18.7 Å². The van der Waals surface area contributed by atoms with E-state index in [9.17, 15) is 9.59 Å². The number of nitrogens with two attached hydrogens (primary N) is 1. The van der Waals surface area contributed by atoms with Gasteiger partial charge in [-0.25, -0.2) is 0 Å². The molecule has 0 aromatic heterocycles. The van der Waals surface area contributed by atoms with Gasteiger partial charge in [0.15, 0.2) is 0 Å². The van der Waals surface area contributed by atoms with Gasteiger partial charge in [0, 0.05) is 31.6 Å². The quantitative estimate of drug-likeness (QED) is 0.620. The molecule has 146 valence electrons. The summed E-state index contributed by atoms with van der Waals surface area (Å²) in [4.78, 5) is 36.2. The zero-order valence-electron chi connectivity index (χ0n) is 16.3. The molecular formula is C18H35N3O4. The van der Waals surface area contributed by atoms with E-state index in [1.54, 1.807) is 4.90 Å². The van der Waals surface area contributed by atoms with Gasteiger partial charge in [0.2, 0.25) is 5.91 Å². The van der Waals surface area contributed by atoms with Crippen molar-refractivity contribution < 1.29 is 19.1 Å². The average Bonchev–Trinajstić information content (AvgIpc) is 2.89. The molecule has 0 spiro atoms. The van der Waals surface area contributed by atoms with E-state index < -0.39 is 6.04 Å². The van der Waals surface area contributed by atoms with Crippen molar-refractivity contribution in [3.63, 3.8) is 0 Å². The molecule has 7 nitrogen and oxygen atoms in total. The van der Waals surface area contributed by atoms with Crippen LogP contribution >= 0.6 is 0 Å². The number of hydrogen-bond donors (Lipinski definition) is 1. The van der Waals surface area contributed by atoms with Crippen molar-refractivity contribution in [2.45, 2.75) is 64.6 Å². The molecule has 3 atom stereocenters. The summed E-state index contributed by atoms with van der Waals surface area (Å²) in [7, 11) is 3.47. The van der Waals surface area contributed by atoms with Crippen LogP contribution in [0.25, 0.3) is 0 Å². The Labute approximate surface area is 151 Å². The molecular weight excluding hydrogens is 322 g/mol. The number of nitrogens with zero attached hydrogens (tertiary/aromatic N) is 2. The van der Waals surface area contributed by atoms with Crippen molar-refractivity contribution in [1.82, 2.24) is 9.80 Å². The smallest absolute Gasteiger partial charge is 0.292 e. The van der Waals surface area contributed by atoms with Crippen LogP contribution in [0.2, 0.25) is 0 Å². The molecule has 0 aliphatic carbocycles. The third kappa shape index (κ3) is 9.55. The summed E-state index contributed by atoms with van der Waals surface area (Å²) >= 11 is 0. The van der Waals surface area contributed by atoms with Crippen LogP contribution in [-0.4, -0.2) is 73.8 Å². The topological polar surface area (TPSA) is 92.9 Å². The lowest BCUT2D eigenvalue weighted by atomic mass is 10.1. The van der Waals surface area contributed by atoms with Gasteiger partial charge in [0.25, 0.3) is 6.47 Å². The van der Waals surface area contributed by atoms with Gasteiger partial charge in [0.1, 0.15) is 6.29 Å². The summed E-state index contributed by atoms with van der Waals surface area (Å²) in [6.07, 6.45) is 4.59. The molecule has 7 heteroatoms. The minimum Gasteiger partial charge on any atom is -0.471 e. The van der Waals surface area contributed by atoms with E-state index in [1.807, 2.05) is 13.8 Å². The van der Waals surface area contributed by atoms with Crippen molar-refractivity contribution in [3.05, 3.63) is 0 Å². The van der Waals surface area contributed by atoms with Crippen LogP contribution in [0.1, 0.15) is 46.5 Å². The number of carbonyl (C=O) groups excluding carboxylic acids is 3. The number of aldehydes is 1. The minimum absolute atomic E-state index is 0.107. The normalized spacial score (nSPS) is 21.2. The number of likely N-dealkylation sites (tertiary alicyclic amines) is 1. The SMILES string of the molecule is CC(C)CC(=O)N(CCC1CCC(C)N1C)CC(N)C=O.COC=O. The molecule has 0 aromatic carbocycles. The standard InChI is InChI=1S/C16H31N3O2.C2H4O2/c1-12(2)9-16(21)19(10-14(17)11-20)8-7-15-6-5-13(3)18(15)4;1-4-2-3/h11-15H,5-10,17H2,1-4H3;2H,1H3. The van der Waals surface area contributed by atoms with Crippen LogP contribution in [-0.2, 0) is 19.1 Å². The number of methoxy groups -OCH3 is 1. The Bertz CT molecular complexity index is 404. The van der Waals surface area contributed by atoms with Gasteiger partial charge in [-0.2, -0.15) is 0 Å². The highest BCUT2D eigenvalue weighted by Crippen LogP contribution is 2.24. The molecule has 2 N–H and O–H groups in total. The summed E-state index contributed by atoms with van der Waals surface area (Å²) in [6, 6.07) is 0.565. The molecule has 0 aromatic rings. The second kappa shape index (κ2) is 12.8. The van der Waals surface area contributed by atoms with E-state index in [0.29, 0.717) is 44.0 Å². The molecule has 1 aliphatic rings. The molecule has 25 heavy (non-hydrogen) atoms. The van der Waals surface area contributed by atoms with Crippen LogP contribution in [0.3, 0.4) is 0 Å². The van der Waals surface area contributed by atoms with Gasteiger partial charge in [0.05, 0.1) is 13.2 Å². The van der Waals surface area contributed by atoms with Gasteiger partial charge in [-0.1, -0.05) is 13.8 Å². The lowest BCUT2D eigenvalue weighted by Crippen LogP contribution is -2.44. The van der Waals surface area contributed by atoms with E-state index in [0.717, 1.165) is 12.7 Å². The summed E-state index contributed by atoms with van der Waals surface area (Å²) in [5.41, 5.74) is 5.70. The van der Waals surface area contributed by atoms with E-state index in [1.165, 1.54) is 20.0 Å². The van der Waals surface area contributed by atoms with Gasteiger partial charge in [-0.15, -0.1) is 0 Å². The monoisotopic (exact) mass is 357 g/mol. The number of ether oxygens (including phenoxy) is 1. The van der Waals surface area contributed by atoms with E-state index in [2.05, 4.69) is 23.6 Å². The second-order valence-electron chi connectivity index (χ2n) is 7.10. The number of rotatable bonds is 9. The van der Waals surface area contributed by atoms with Crippen LogP contribution in [0.5, 0.6) is 0 Å². The Kier molecular flexibility index (Phi) is 12.1. The van der Waals surface area contributed by atoms with Crippen molar-refractivity contribution in [2.75, 3.05) is 27.2 Å². The maximum Gasteiger partial charge on any atom is 0.292 e. The van der Waals surface area contributed by atoms with Crippen LogP contribution < -0.4 is 5.73 Å². The van der Waals surface area contributed by atoms with Crippen molar-refractivity contribution in [1.29, 1.82) is 0 Å². The van der Waals surface area contributed by atoms with E-state index in [-0.39, 0.29) is 5.91 Å². The van der Waals surface area contributed by atoms with Gasteiger partial charge < -0.3 is 25.1 Å². The summed E-state index contributed by atoms with van der Waals surface area (Å²) in [6.45, 7) is 7.70. The fourth-order valence-electron chi connectivity index (χ4n) is 2.95. The highest BCUT2D eigenvalue weighted by molar-refractivity contribution is 5.77.